The maximum absolute atomic E-state index is 11.9. The molecular formula is C24H36N4OS. The molecule has 6 heteroatoms. The number of benzene rings is 1. The molecule has 1 saturated heterocycles. The van der Waals surface area contributed by atoms with E-state index in [2.05, 4.69) is 51.7 Å². The van der Waals surface area contributed by atoms with Crippen LogP contribution in [0.1, 0.15) is 51.4 Å². The van der Waals surface area contributed by atoms with Gasteiger partial charge < -0.3 is 10.2 Å². The van der Waals surface area contributed by atoms with Gasteiger partial charge in [-0.05, 0) is 75.4 Å². The number of rotatable bonds is 9. The Kier molecular flexibility index (Phi) is 9.35. The quantitative estimate of drug-likeness (QED) is 0.470. The molecule has 3 rings (SSSR count). The molecule has 0 radical (unpaired) electrons. The smallest absolute Gasteiger partial charge is 0.220 e. The highest BCUT2D eigenvalue weighted by Crippen LogP contribution is 2.28. The second-order valence-corrected chi connectivity index (χ2v) is 9.50. The van der Waals surface area contributed by atoms with Crippen molar-refractivity contribution in [1.29, 1.82) is 5.26 Å². The van der Waals surface area contributed by atoms with Crippen LogP contribution in [0.3, 0.4) is 0 Å². The van der Waals surface area contributed by atoms with Crippen molar-refractivity contribution < 1.29 is 4.79 Å². The number of carbonyl (C=O) groups excluding carboxylic acids is 1. The monoisotopic (exact) mass is 428 g/mol. The van der Waals surface area contributed by atoms with Crippen LogP contribution in [0.25, 0.3) is 0 Å². The molecule has 1 aliphatic carbocycles. The minimum absolute atomic E-state index is 0.120. The number of nitrogens with one attached hydrogen (secondary N) is 1. The summed E-state index contributed by atoms with van der Waals surface area (Å²) in [4.78, 5) is 18.4. The van der Waals surface area contributed by atoms with Crippen molar-refractivity contribution in [2.24, 2.45) is 5.92 Å². The first kappa shape index (κ1) is 23.0. The summed E-state index contributed by atoms with van der Waals surface area (Å²) in [6, 6.07) is 11.3. The van der Waals surface area contributed by atoms with E-state index in [1.54, 1.807) is 11.8 Å². The molecule has 30 heavy (non-hydrogen) atoms. The summed E-state index contributed by atoms with van der Waals surface area (Å²) >= 11 is 1.81. The SMILES string of the molecule is CSc1cccc(N2CCN(CCC3CCC(NC(=O)CCCC#N)CC3)CC2)c1. The molecular weight excluding hydrogens is 392 g/mol. The van der Waals surface area contributed by atoms with Crippen LogP contribution in [-0.4, -0.2) is 55.8 Å². The van der Waals surface area contributed by atoms with Gasteiger partial charge in [0, 0.05) is 55.6 Å². The van der Waals surface area contributed by atoms with Crippen molar-refractivity contribution in [1.82, 2.24) is 10.2 Å². The normalized spacial score (nSPS) is 22.5. The number of anilines is 1. The van der Waals surface area contributed by atoms with Gasteiger partial charge >= 0.3 is 0 Å². The van der Waals surface area contributed by atoms with E-state index in [-0.39, 0.29) is 5.91 Å². The number of hydrogen-bond donors (Lipinski definition) is 1. The molecule has 1 aliphatic heterocycles. The van der Waals surface area contributed by atoms with Crippen LogP contribution in [0, 0.1) is 17.2 Å². The van der Waals surface area contributed by atoms with Gasteiger partial charge in [-0.25, -0.2) is 0 Å². The van der Waals surface area contributed by atoms with Crippen molar-refractivity contribution in [3.8, 4) is 6.07 Å². The first-order valence-electron chi connectivity index (χ1n) is 11.5. The lowest BCUT2D eigenvalue weighted by atomic mass is 9.84. The van der Waals surface area contributed by atoms with Gasteiger partial charge in [-0.1, -0.05) is 6.07 Å². The minimum Gasteiger partial charge on any atom is -0.369 e. The fraction of sp³-hybridized carbons (Fsp3) is 0.667. The number of nitriles is 1. The molecule has 1 amide bonds. The van der Waals surface area contributed by atoms with Gasteiger partial charge in [0.15, 0.2) is 0 Å². The Morgan fingerprint density at radius 1 is 1.20 bits per heavy atom. The summed E-state index contributed by atoms with van der Waals surface area (Å²) in [5, 5.41) is 11.7. The molecule has 0 atom stereocenters. The first-order chi connectivity index (χ1) is 14.7. The van der Waals surface area contributed by atoms with E-state index in [0.29, 0.717) is 25.3 Å². The van der Waals surface area contributed by atoms with Gasteiger partial charge in [0.25, 0.3) is 0 Å². The summed E-state index contributed by atoms with van der Waals surface area (Å²) in [5.74, 6) is 0.919. The summed E-state index contributed by atoms with van der Waals surface area (Å²) in [6.45, 7) is 5.73. The van der Waals surface area contributed by atoms with E-state index in [1.807, 2.05) is 0 Å². The van der Waals surface area contributed by atoms with Crippen LogP contribution >= 0.6 is 11.8 Å². The van der Waals surface area contributed by atoms with E-state index in [0.717, 1.165) is 44.9 Å². The van der Waals surface area contributed by atoms with E-state index >= 15 is 0 Å². The first-order valence-corrected chi connectivity index (χ1v) is 12.7. The van der Waals surface area contributed by atoms with E-state index in [1.165, 1.54) is 36.4 Å². The van der Waals surface area contributed by atoms with Gasteiger partial charge in [-0.3, -0.25) is 9.69 Å². The van der Waals surface area contributed by atoms with Crippen molar-refractivity contribution >= 4 is 23.4 Å². The molecule has 0 unspecified atom stereocenters. The number of carbonyl (C=O) groups is 1. The number of unbranched alkanes of at least 4 members (excludes halogenated alkanes) is 1. The summed E-state index contributed by atoms with van der Waals surface area (Å²) in [7, 11) is 0. The van der Waals surface area contributed by atoms with Crippen LogP contribution in [-0.2, 0) is 4.79 Å². The van der Waals surface area contributed by atoms with Crippen molar-refractivity contribution in [2.75, 3.05) is 43.9 Å². The number of thioether (sulfide) groups is 1. The van der Waals surface area contributed by atoms with Crippen LogP contribution in [0.15, 0.2) is 29.2 Å². The zero-order valence-corrected chi connectivity index (χ0v) is 19.1. The lowest BCUT2D eigenvalue weighted by Gasteiger charge is -2.37. The predicted molar refractivity (Wildman–Crippen MR) is 125 cm³/mol. The van der Waals surface area contributed by atoms with Gasteiger partial charge in [-0.2, -0.15) is 5.26 Å². The van der Waals surface area contributed by atoms with Crippen molar-refractivity contribution in [2.45, 2.75) is 62.3 Å². The molecule has 2 fully saturated rings. The van der Waals surface area contributed by atoms with Crippen LogP contribution < -0.4 is 10.2 Å². The highest BCUT2D eigenvalue weighted by molar-refractivity contribution is 7.98. The van der Waals surface area contributed by atoms with Crippen molar-refractivity contribution in [3.05, 3.63) is 24.3 Å². The maximum atomic E-state index is 11.9. The number of nitrogens with zero attached hydrogens (tertiary/aromatic N) is 3. The molecule has 0 spiro atoms. The van der Waals surface area contributed by atoms with Crippen LogP contribution in [0.5, 0.6) is 0 Å². The zero-order valence-electron chi connectivity index (χ0n) is 18.3. The molecule has 1 aromatic rings. The Morgan fingerprint density at radius 3 is 2.67 bits per heavy atom. The van der Waals surface area contributed by atoms with Gasteiger partial charge in [0.1, 0.15) is 0 Å². The van der Waals surface area contributed by atoms with Crippen LogP contribution in [0.4, 0.5) is 5.69 Å². The Morgan fingerprint density at radius 2 is 1.97 bits per heavy atom. The topological polar surface area (TPSA) is 59.4 Å². The number of hydrogen-bond acceptors (Lipinski definition) is 5. The number of amides is 1. The lowest BCUT2D eigenvalue weighted by Crippen LogP contribution is -2.47. The predicted octanol–water partition coefficient (Wildman–Crippen LogP) is 4.29. The van der Waals surface area contributed by atoms with Crippen LogP contribution in [0.2, 0.25) is 0 Å². The fourth-order valence-electron chi connectivity index (χ4n) is 4.63. The lowest BCUT2D eigenvalue weighted by molar-refractivity contribution is -0.122. The highest BCUT2D eigenvalue weighted by atomic mass is 32.2. The summed E-state index contributed by atoms with van der Waals surface area (Å²) in [6.07, 6.45) is 9.71. The Hall–Kier alpha value is -1.71. The molecule has 2 aliphatic rings. The zero-order chi connectivity index (χ0) is 21.2. The maximum Gasteiger partial charge on any atom is 0.220 e. The van der Waals surface area contributed by atoms with E-state index < -0.39 is 0 Å². The third-order valence-corrected chi connectivity index (χ3v) is 7.27. The van der Waals surface area contributed by atoms with Gasteiger partial charge in [0.05, 0.1) is 6.07 Å². The minimum atomic E-state index is 0.120. The third kappa shape index (κ3) is 7.21. The number of piperazine rings is 1. The Labute approximate surface area is 186 Å². The average molecular weight is 429 g/mol. The van der Waals surface area contributed by atoms with Gasteiger partial charge in [-0.15, -0.1) is 11.8 Å². The molecule has 5 nitrogen and oxygen atoms in total. The van der Waals surface area contributed by atoms with E-state index in [9.17, 15) is 4.79 Å². The Balaban J connectivity index is 1.30. The largest absolute Gasteiger partial charge is 0.369 e. The van der Waals surface area contributed by atoms with E-state index in [4.69, 9.17) is 5.26 Å². The molecule has 1 aromatic carbocycles. The Bertz CT molecular complexity index is 703. The fourth-order valence-corrected chi connectivity index (χ4v) is 5.08. The third-order valence-electron chi connectivity index (χ3n) is 6.55. The molecule has 0 aromatic heterocycles. The molecule has 1 saturated carbocycles. The molecule has 164 valence electrons. The summed E-state index contributed by atoms with van der Waals surface area (Å²) < 4.78 is 0. The molecule has 1 N–H and O–H groups in total. The molecule has 0 bridgehead atoms. The summed E-state index contributed by atoms with van der Waals surface area (Å²) in [5.41, 5.74) is 1.36. The standard InChI is InChI=1S/C24H36N4OS/c1-30-23-6-4-5-22(19-23)28-17-15-27(16-18-28)14-12-20-8-10-21(11-9-20)26-24(29)7-2-3-13-25/h4-6,19-21H,2-3,7-12,14-18H2,1H3,(H,26,29). The second kappa shape index (κ2) is 12.2. The average Bonchev–Trinajstić information content (AvgIpc) is 2.79. The van der Waals surface area contributed by atoms with Crippen molar-refractivity contribution in [3.63, 3.8) is 0 Å². The van der Waals surface area contributed by atoms with Gasteiger partial charge in [0.2, 0.25) is 5.91 Å². The molecule has 1 heterocycles. The second-order valence-electron chi connectivity index (χ2n) is 8.62. The highest BCUT2D eigenvalue weighted by Gasteiger charge is 2.24.